The molecule has 0 bridgehead atoms. The van der Waals surface area contributed by atoms with Gasteiger partial charge < -0.3 is 4.90 Å². The van der Waals surface area contributed by atoms with Crippen LogP contribution in [-0.4, -0.2) is 21.9 Å². The van der Waals surface area contributed by atoms with E-state index in [0.29, 0.717) is 6.54 Å². The Bertz CT molecular complexity index is 1400. The van der Waals surface area contributed by atoms with Gasteiger partial charge in [-0.1, -0.05) is 91.5 Å². The van der Waals surface area contributed by atoms with Gasteiger partial charge in [-0.25, -0.2) is 0 Å². The molecule has 33 heavy (non-hydrogen) atoms. The quantitative estimate of drug-likeness (QED) is 0.367. The van der Waals surface area contributed by atoms with Crippen LogP contribution in [0.4, 0.5) is 0 Å². The highest BCUT2D eigenvalue weighted by Gasteiger charge is 2.42. The summed E-state index contributed by atoms with van der Waals surface area (Å²) in [6, 6.07) is 31.5. The summed E-state index contributed by atoms with van der Waals surface area (Å²) in [5.74, 6) is 0.0785. The third kappa shape index (κ3) is 3.12. The fourth-order valence-electron chi connectivity index (χ4n) is 5.55. The summed E-state index contributed by atoms with van der Waals surface area (Å²) in [5.41, 5.74) is 6.44. The number of fused-ring (bicyclic) bond motifs is 4. The highest BCUT2D eigenvalue weighted by Crippen LogP contribution is 2.41. The standard InChI is InChI=1S/C30H26N2O/c1-20-25-14-7-8-16-28(25)30(33)32-19-24-12-4-3-11-23(24)18-31(29(20)32)21(2)26-17-9-13-22-10-5-6-15-27(22)26/h3-17,21,29H,1,18-19H2,2H3. The molecule has 0 aliphatic carbocycles. The molecule has 6 rings (SSSR count). The lowest BCUT2D eigenvalue weighted by atomic mass is 9.90. The van der Waals surface area contributed by atoms with Gasteiger partial charge in [0.1, 0.15) is 6.17 Å². The average molecular weight is 431 g/mol. The van der Waals surface area contributed by atoms with Crippen molar-refractivity contribution >= 4 is 22.3 Å². The van der Waals surface area contributed by atoms with Crippen molar-refractivity contribution < 1.29 is 4.79 Å². The van der Waals surface area contributed by atoms with Crippen LogP contribution < -0.4 is 0 Å². The zero-order valence-electron chi connectivity index (χ0n) is 18.7. The molecule has 0 saturated carbocycles. The van der Waals surface area contributed by atoms with Gasteiger partial charge in [0.2, 0.25) is 0 Å². The number of benzene rings is 4. The van der Waals surface area contributed by atoms with Crippen LogP contribution in [0.15, 0.2) is 97.6 Å². The van der Waals surface area contributed by atoms with E-state index < -0.39 is 0 Å². The number of hydrogen-bond donors (Lipinski definition) is 0. The molecule has 0 radical (unpaired) electrons. The van der Waals surface area contributed by atoms with E-state index in [1.807, 2.05) is 29.2 Å². The van der Waals surface area contributed by atoms with E-state index in [1.54, 1.807) is 0 Å². The van der Waals surface area contributed by atoms with Crippen LogP contribution in [0.3, 0.4) is 0 Å². The van der Waals surface area contributed by atoms with E-state index in [0.717, 1.165) is 23.2 Å². The van der Waals surface area contributed by atoms with Crippen LogP contribution in [0.1, 0.15) is 45.6 Å². The second kappa shape index (κ2) is 7.72. The molecule has 4 aromatic rings. The molecule has 3 nitrogen and oxygen atoms in total. The molecule has 3 heteroatoms. The van der Waals surface area contributed by atoms with E-state index in [1.165, 1.54) is 27.5 Å². The molecule has 0 fully saturated rings. The molecule has 4 aromatic carbocycles. The number of rotatable bonds is 2. The lowest BCUT2D eigenvalue weighted by Gasteiger charge is -2.45. The Morgan fingerprint density at radius 3 is 2.24 bits per heavy atom. The summed E-state index contributed by atoms with van der Waals surface area (Å²) >= 11 is 0. The summed E-state index contributed by atoms with van der Waals surface area (Å²) in [5, 5.41) is 2.49. The van der Waals surface area contributed by atoms with Crippen molar-refractivity contribution in [2.75, 3.05) is 0 Å². The van der Waals surface area contributed by atoms with Crippen molar-refractivity contribution in [1.82, 2.24) is 9.80 Å². The summed E-state index contributed by atoms with van der Waals surface area (Å²) in [4.78, 5) is 18.2. The van der Waals surface area contributed by atoms with Crippen molar-refractivity contribution in [2.24, 2.45) is 0 Å². The summed E-state index contributed by atoms with van der Waals surface area (Å²) < 4.78 is 0. The van der Waals surface area contributed by atoms with Gasteiger partial charge in [0.15, 0.2) is 0 Å². The summed E-state index contributed by atoms with van der Waals surface area (Å²) in [7, 11) is 0. The Hall–Kier alpha value is -3.69. The molecule has 2 atom stereocenters. The summed E-state index contributed by atoms with van der Waals surface area (Å²) in [6.07, 6.45) is -0.200. The van der Waals surface area contributed by atoms with Crippen molar-refractivity contribution in [3.8, 4) is 0 Å². The predicted molar refractivity (Wildman–Crippen MR) is 133 cm³/mol. The zero-order valence-corrected chi connectivity index (χ0v) is 18.7. The highest BCUT2D eigenvalue weighted by molar-refractivity contribution is 6.03. The number of carbonyl (C=O) groups is 1. The van der Waals surface area contributed by atoms with E-state index in [-0.39, 0.29) is 18.1 Å². The minimum absolute atomic E-state index is 0.0785. The number of nitrogens with zero attached hydrogens (tertiary/aromatic N) is 2. The molecule has 0 spiro atoms. The molecule has 2 aliphatic heterocycles. The fourth-order valence-corrected chi connectivity index (χ4v) is 5.55. The Kier molecular flexibility index (Phi) is 4.67. The van der Waals surface area contributed by atoms with Gasteiger partial charge in [-0.15, -0.1) is 0 Å². The minimum atomic E-state index is -0.200. The van der Waals surface area contributed by atoms with Gasteiger partial charge in [-0.05, 0) is 51.6 Å². The Morgan fingerprint density at radius 2 is 1.42 bits per heavy atom. The van der Waals surface area contributed by atoms with Crippen molar-refractivity contribution in [1.29, 1.82) is 0 Å². The third-order valence-corrected chi connectivity index (χ3v) is 7.27. The fraction of sp³-hybridized carbons (Fsp3) is 0.167. The maximum atomic E-state index is 13.7. The van der Waals surface area contributed by atoms with Crippen LogP contribution in [0.5, 0.6) is 0 Å². The molecule has 0 saturated heterocycles. The molecule has 162 valence electrons. The lowest BCUT2D eigenvalue weighted by molar-refractivity contribution is 0.0331. The Labute approximate surface area is 194 Å². The molecule has 2 unspecified atom stereocenters. The van der Waals surface area contributed by atoms with Gasteiger partial charge in [-0.2, -0.15) is 0 Å². The van der Waals surface area contributed by atoms with Gasteiger partial charge in [-0.3, -0.25) is 9.69 Å². The monoisotopic (exact) mass is 430 g/mol. The van der Waals surface area contributed by atoms with Crippen LogP contribution >= 0.6 is 0 Å². The third-order valence-electron chi connectivity index (χ3n) is 7.27. The number of carbonyl (C=O) groups excluding carboxylic acids is 1. The van der Waals surface area contributed by atoms with E-state index in [4.69, 9.17) is 0 Å². The first-order chi connectivity index (χ1) is 16.1. The number of amides is 1. The first-order valence-electron chi connectivity index (χ1n) is 11.5. The van der Waals surface area contributed by atoms with Crippen molar-refractivity contribution in [3.63, 3.8) is 0 Å². The van der Waals surface area contributed by atoms with Crippen LogP contribution in [0.25, 0.3) is 16.3 Å². The normalized spacial score (nSPS) is 18.9. The van der Waals surface area contributed by atoms with E-state index in [2.05, 4.69) is 85.1 Å². The maximum Gasteiger partial charge on any atom is 0.256 e. The van der Waals surface area contributed by atoms with Crippen LogP contribution in [0.2, 0.25) is 0 Å². The molecule has 2 aliphatic rings. The molecule has 0 aromatic heterocycles. The molecular formula is C30H26N2O. The van der Waals surface area contributed by atoms with Gasteiger partial charge in [0, 0.05) is 24.7 Å². The van der Waals surface area contributed by atoms with E-state index in [9.17, 15) is 4.79 Å². The highest BCUT2D eigenvalue weighted by atomic mass is 16.2. The first-order valence-corrected chi connectivity index (χ1v) is 11.5. The van der Waals surface area contributed by atoms with Crippen molar-refractivity contribution in [2.45, 2.75) is 32.2 Å². The largest absolute Gasteiger partial charge is 0.314 e. The topological polar surface area (TPSA) is 23.6 Å². The van der Waals surface area contributed by atoms with Crippen LogP contribution in [-0.2, 0) is 13.1 Å². The Morgan fingerprint density at radius 1 is 0.788 bits per heavy atom. The van der Waals surface area contributed by atoms with E-state index >= 15 is 0 Å². The van der Waals surface area contributed by atoms with Gasteiger partial charge in [0.05, 0.1) is 0 Å². The zero-order chi connectivity index (χ0) is 22.5. The predicted octanol–water partition coefficient (Wildman–Crippen LogP) is 6.41. The smallest absolute Gasteiger partial charge is 0.256 e. The maximum absolute atomic E-state index is 13.7. The molecule has 1 amide bonds. The SMILES string of the molecule is C=C1c2ccccc2C(=O)N2Cc3ccccc3CN(C(C)c3cccc4ccccc34)C12. The molecule has 2 heterocycles. The first kappa shape index (κ1) is 20.0. The molecular weight excluding hydrogens is 404 g/mol. The van der Waals surface area contributed by atoms with Gasteiger partial charge in [0.25, 0.3) is 5.91 Å². The van der Waals surface area contributed by atoms with Gasteiger partial charge >= 0.3 is 0 Å². The molecule has 0 N–H and O–H groups in total. The second-order valence-electron chi connectivity index (χ2n) is 9.06. The number of hydrogen-bond acceptors (Lipinski definition) is 2. The lowest BCUT2D eigenvalue weighted by Crippen LogP contribution is -2.52. The second-order valence-corrected chi connectivity index (χ2v) is 9.06. The average Bonchev–Trinajstić information content (AvgIpc) is 3.04. The Balaban J connectivity index is 1.54. The van der Waals surface area contributed by atoms with Crippen LogP contribution in [0, 0.1) is 0 Å². The summed E-state index contributed by atoms with van der Waals surface area (Å²) in [6.45, 7) is 8.14. The minimum Gasteiger partial charge on any atom is -0.314 e. The van der Waals surface area contributed by atoms with Crippen molar-refractivity contribution in [3.05, 3.63) is 125 Å².